The largest absolute Gasteiger partial charge is 0.508 e. The number of fused-ring (bicyclic) bond motifs is 6. The van der Waals surface area contributed by atoms with Crippen LogP contribution in [0.25, 0.3) is 0 Å². The zero-order valence-electron chi connectivity index (χ0n) is 18.6. The van der Waals surface area contributed by atoms with Gasteiger partial charge in [0.25, 0.3) is 0 Å². The smallest absolute Gasteiger partial charge is 0.340 e. The van der Waals surface area contributed by atoms with E-state index in [4.69, 9.17) is 18.9 Å². The summed E-state index contributed by atoms with van der Waals surface area (Å²) in [5, 5.41) is 49.9. The van der Waals surface area contributed by atoms with Gasteiger partial charge in [0.1, 0.15) is 47.4 Å². The van der Waals surface area contributed by atoms with E-state index >= 15 is 0 Å². The lowest BCUT2D eigenvalue weighted by Crippen LogP contribution is -2.60. The van der Waals surface area contributed by atoms with Crippen molar-refractivity contribution in [1.29, 1.82) is 0 Å². The number of benzene rings is 3. The van der Waals surface area contributed by atoms with Crippen molar-refractivity contribution in [2.45, 2.75) is 36.3 Å². The number of ether oxygens (including phenoxy) is 4. The average Bonchev–Trinajstić information content (AvgIpc) is 3.17. The van der Waals surface area contributed by atoms with Gasteiger partial charge in [-0.25, -0.2) is 4.79 Å². The highest BCUT2D eigenvalue weighted by Gasteiger charge is 2.53. The molecule has 3 aromatic carbocycles. The molecule has 3 aliphatic heterocycles. The number of phenolic OH excluding ortho intramolecular Hbond substituents is 1. The molecule has 5 N–H and O–H groups in total. The Morgan fingerprint density at radius 3 is 2.36 bits per heavy atom. The summed E-state index contributed by atoms with van der Waals surface area (Å²) in [6.45, 7) is -0.592. The molecule has 10 nitrogen and oxygen atoms in total. The Kier molecular flexibility index (Phi) is 5.18. The standard InChI is InChI=1S/C26H22O10/c27-11-20-21(29)22(30)23(31)25(35-20)33-13-6-8-17-19(10-13)34-18-9-12(28)5-7-16(18)26(17)15-4-2-1-3-14(15)24(32)36-26/h1-10,20-23,25,27-31H,11H2/t20-,21-,22+,23-,25-,26?/m1/s1. The van der Waals surface area contributed by atoms with Crippen LogP contribution in [0.15, 0.2) is 60.7 Å². The van der Waals surface area contributed by atoms with Crippen LogP contribution in [0.3, 0.4) is 0 Å². The Labute approximate surface area is 204 Å². The number of hydrogen-bond acceptors (Lipinski definition) is 10. The van der Waals surface area contributed by atoms with E-state index in [1.165, 1.54) is 18.2 Å². The summed E-state index contributed by atoms with van der Waals surface area (Å²) in [5.74, 6) is 0.170. The molecule has 6 atom stereocenters. The fraction of sp³-hybridized carbons (Fsp3) is 0.269. The van der Waals surface area contributed by atoms with E-state index in [0.29, 0.717) is 22.3 Å². The number of hydrogen-bond donors (Lipinski definition) is 5. The summed E-state index contributed by atoms with van der Waals surface area (Å²) in [4.78, 5) is 12.9. The molecule has 0 aliphatic carbocycles. The first kappa shape index (κ1) is 22.8. The van der Waals surface area contributed by atoms with Crippen LogP contribution in [0, 0.1) is 0 Å². The van der Waals surface area contributed by atoms with E-state index in [1.54, 1.807) is 42.5 Å². The Morgan fingerprint density at radius 1 is 0.861 bits per heavy atom. The van der Waals surface area contributed by atoms with Crippen LogP contribution in [0.2, 0.25) is 0 Å². The summed E-state index contributed by atoms with van der Waals surface area (Å²) in [7, 11) is 0. The maximum atomic E-state index is 12.9. The summed E-state index contributed by atoms with van der Waals surface area (Å²) in [6, 6.07) is 16.3. The van der Waals surface area contributed by atoms with Crippen molar-refractivity contribution in [2.24, 2.45) is 0 Å². The lowest BCUT2D eigenvalue weighted by atomic mass is 9.77. The van der Waals surface area contributed by atoms with Crippen LogP contribution in [0.1, 0.15) is 27.0 Å². The topological polar surface area (TPSA) is 155 Å². The Hall–Kier alpha value is -3.67. The van der Waals surface area contributed by atoms with Crippen molar-refractivity contribution in [1.82, 2.24) is 0 Å². The second kappa shape index (κ2) is 8.19. The molecular weight excluding hydrogens is 472 g/mol. The second-order valence-electron chi connectivity index (χ2n) is 8.87. The van der Waals surface area contributed by atoms with Gasteiger partial charge in [0.05, 0.1) is 12.2 Å². The van der Waals surface area contributed by atoms with Crippen molar-refractivity contribution >= 4 is 5.97 Å². The lowest BCUT2D eigenvalue weighted by molar-refractivity contribution is -0.277. The molecule has 10 heteroatoms. The number of aliphatic hydroxyl groups is 4. The maximum Gasteiger partial charge on any atom is 0.340 e. The van der Waals surface area contributed by atoms with E-state index < -0.39 is 48.9 Å². The molecule has 0 aromatic heterocycles. The normalized spacial score (nSPS) is 30.1. The third-order valence-corrected chi connectivity index (χ3v) is 6.77. The van der Waals surface area contributed by atoms with Crippen LogP contribution in [-0.2, 0) is 15.1 Å². The Balaban J connectivity index is 1.43. The van der Waals surface area contributed by atoms with Gasteiger partial charge in [-0.05, 0) is 30.3 Å². The number of aliphatic hydroxyl groups excluding tert-OH is 4. The van der Waals surface area contributed by atoms with Gasteiger partial charge in [0, 0.05) is 28.8 Å². The van der Waals surface area contributed by atoms with Gasteiger partial charge >= 0.3 is 5.97 Å². The summed E-state index contributed by atoms with van der Waals surface area (Å²) >= 11 is 0. The molecule has 1 unspecified atom stereocenters. The molecule has 36 heavy (non-hydrogen) atoms. The van der Waals surface area contributed by atoms with Crippen LogP contribution < -0.4 is 9.47 Å². The third-order valence-electron chi connectivity index (χ3n) is 6.77. The van der Waals surface area contributed by atoms with Gasteiger partial charge < -0.3 is 44.5 Å². The predicted molar refractivity (Wildman–Crippen MR) is 121 cm³/mol. The Bertz CT molecular complexity index is 1350. The van der Waals surface area contributed by atoms with Gasteiger partial charge in [-0.2, -0.15) is 0 Å². The molecule has 0 saturated carbocycles. The van der Waals surface area contributed by atoms with Crippen molar-refractivity contribution in [2.75, 3.05) is 6.61 Å². The van der Waals surface area contributed by atoms with Gasteiger partial charge in [-0.1, -0.05) is 18.2 Å². The average molecular weight is 494 g/mol. The molecular formula is C26H22O10. The van der Waals surface area contributed by atoms with E-state index in [-0.39, 0.29) is 23.0 Å². The first-order valence-electron chi connectivity index (χ1n) is 11.3. The van der Waals surface area contributed by atoms with Gasteiger partial charge in [-0.3, -0.25) is 0 Å². The number of phenols is 1. The molecule has 6 rings (SSSR count). The second-order valence-corrected chi connectivity index (χ2v) is 8.87. The van der Waals surface area contributed by atoms with Crippen LogP contribution in [-0.4, -0.2) is 68.8 Å². The molecule has 1 spiro atoms. The summed E-state index contributed by atoms with van der Waals surface area (Å²) in [6.07, 6.45) is -7.22. The number of carbonyl (C=O) groups is 1. The minimum atomic E-state index is -1.60. The van der Waals surface area contributed by atoms with Crippen LogP contribution in [0.5, 0.6) is 23.0 Å². The number of esters is 1. The highest BCUT2D eigenvalue weighted by Crippen LogP contribution is 2.57. The molecule has 186 valence electrons. The molecule has 0 bridgehead atoms. The Morgan fingerprint density at radius 2 is 1.58 bits per heavy atom. The molecule has 3 aromatic rings. The predicted octanol–water partition coefficient (Wildman–Crippen LogP) is 1.14. The zero-order chi connectivity index (χ0) is 25.2. The fourth-order valence-electron chi connectivity index (χ4n) is 5.02. The molecule has 0 radical (unpaired) electrons. The van der Waals surface area contributed by atoms with Crippen molar-refractivity contribution < 1.29 is 49.3 Å². The van der Waals surface area contributed by atoms with Gasteiger partial charge in [0.15, 0.2) is 5.60 Å². The number of aromatic hydroxyl groups is 1. The molecule has 1 fully saturated rings. The quantitative estimate of drug-likeness (QED) is 0.335. The fourth-order valence-corrected chi connectivity index (χ4v) is 5.02. The van der Waals surface area contributed by atoms with E-state index in [2.05, 4.69) is 0 Å². The highest BCUT2D eigenvalue weighted by atomic mass is 16.7. The first-order valence-corrected chi connectivity index (χ1v) is 11.3. The minimum absolute atomic E-state index is 0.0429. The number of rotatable bonds is 3. The lowest BCUT2D eigenvalue weighted by Gasteiger charge is -2.40. The molecule has 3 aliphatic rings. The zero-order valence-corrected chi connectivity index (χ0v) is 18.6. The van der Waals surface area contributed by atoms with Crippen molar-refractivity contribution in [3.63, 3.8) is 0 Å². The monoisotopic (exact) mass is 494 g/mol. The third kappa shape index (κ3) is 3.20. The van der Waals surface area contributed by atoms with Gasteiger partial charge in [-0.15, -0.1) is 0 Å². The van der Waals surface area contributed by atoms with Crippen molar-refractivity contribution in [3.8, 4) is 23.0 Å². The molecule has 1 saturated heterocycles. The summed E-state index contributed by atoms with van der Waals surface area (Å²) in [5.41, 5.74) is 0.750. The van der Waals surface area contributed by atoms with E-state index in [0.717, 1.165) is 0 Å². The number of carbonyl (C=O) groups excluding carboxylic acids is 1. The molecule has 0 amide bonds. The minimum Gasteiger partial charge on any atom is -0.508 e. The van der Waals surface area contributed by atoms with Crippen molar-refractivity contribution in [3.05, 3.63) is 82.9 Å². The first-order chi connectivity index (χ1) is 17.3. The van der Waals surface area contributed by atoms with Crippen LogP contribution in [0.4, 0.5) is 0 Å². The van der Waals surface area contributed by atoms with Crippen LogP contribution >= 0.6 is 0 Å². The van der Waals surface area contributed by atoms with Gasteiger partial charge in [0.2, 0.25) is 6.29 Å². The van der Waals surface area contributed by atoms with E-state index in [9.17, 15) is 30.3 Å². The molecule has 3 heterocycles. The summed E-state index contributed by atoms with van der Waals surface area (Å²) < 4.78 is 23.3. The maximum absolute atomic E-state index is 12.9. The SMILES string of the molecule is O=C1OC2(c3ccc(O)cc3Oc3cc(O[C@@H]4O[C@H](CO)[C@@H](O)[C@H](O)[C@H]4O)ccc32)c2ccccc21. The van der Waals surface area contributed by atoms with E-state index in [1.807, 2.05) is 0 Å². The highest BCUT2D eigenvalue weighted by molar-refractivity contribution is 5.97.